The van der Waals surface area contributed by atoms with Crippen LogP contribution in [0.1, 0.15) is 31.2 Å². The molecule has 3 aliphatic rings. The Kier molecular flexibility index (Phi) is 6.32. The van der Waals surface area contributed by atoms with Gasteiger partial charge in [-0.05, 0) is 44.7 Å². The van der Waals surface area contributed by atoms with E-state index in [1.54, 1.807) is 36.6 Å². The Morgan fingerprint density at radius 2 is 1.95 bits per heavy atom. The first-order chi connectivity index (χ1) is 18.4. The summed E-state index contributed by atoms with van der Waals surface area (Å²) in [5, 5.41) is 0. The number of allylic oxidation sites excluding steroid dienone is 1. The van der Waals surface area contributed by atoms with Crippen molar-refractivity contribution in [1.29, 1.82) is 0 Å². The molecule has 0 spiro atoms. The predicted molar refractivity (Wildman–Crippen MR) is 141 cm³/mol. The monoisotopic (exact) mass is 536 g/mol. The lowest BCUT2D eigenvalue weighted by atomic mass is 9.95. The van der Waals surface area contributed by atoms with Crippen LogP contribution in [0.25, 0.3) is 6.08 Å². The molecule has 1 fully saturated rings. The minimum absolute atomic E-state index is 0.125. The third kappa shape index (κ3) is 4.31. The maximum absolute atomic E-state index is 13.8. The van der Waals surface area contributed by atoms with Crippen LogP contribution in [-0.2, 0) is 9.53 Å². The van der Waals surface area contributed by atoms with Crippen molar-refractivity contribution in [3.63, 3.8) is 0 Å². The molecule has 1 aromatic carbocycles. The minimum atomic E-state index is -0.723. The van der Waals surface area contributed by atoms with Crippen LogP contribution in [0.5, 0.6) is 11.5 Å². The van der Waals surface area contributed by atoms with Gasteiger partial charge in [0.2, 0.25) is 6.79 Å². The molecule has 1 unspecified atom stereocenters. The Bertz CT molecular complexity index is 1610. The lowest BCUT2D eigenvalue weighted by Crippen LogP contribution is -2.44. The number of aromatic nitrogens is 1. The maximum atomic E-state index is 13.8. The van der Waals surface area contributed by atoms with Crippen LogP contribution < -0.4 is 29.3 Å². The number of furan rings is 1. The summed E-state index contributed by atoms with van der Waals surface area (Å²) >= 11 is 1.26. The average molecular weight is 537 g/mol. The number of hydrogen-bond donors (Lipinski definition) is 0. The molecule has 38 heavy (non-hydrogen) atoms. The van der Waals surface area contributed by atoms with E-state index in [-0.39, 0.29) is 19.0 Å². The third-order valence-corrected chi connectivity index (χ3v) is 7.91. The van der Waals surface area contributed by atoms with Crippen LogP contribution in [0.4, 0.5) is 5.88 Å². The average Bonchev–Trinajstić information content (AvgIpc) is 3.63. The highest BCUT2D eigenvalue weighted by Crippen LogP contribution is 2.38. The van der Waals surface area contributed by atoms with Gasteiger partial charge in [0.1, 0.15) is 5.76 Å². The number of piperazine rings is 1. The van der Waals surface area contributed by atoms with Crippen LogP contribution >= 0.6 is 11.3 Å². The Hall–Kier alpha value is -3.83. The molecule has 3 aromatic rings. The summed E-state index contributed by atoms with van der Waals surface area (Å²) in [6.45, 7) is 7.56. The van der Waals surface area contributed by atoms with Gasteiger partial charge in [-0.15, -0.1) is 0 Å². The van der Waals surface area contributed by atoms with Gasteiger partial charge in [0, 0.05) is 38.3 Å². The number of ether oxygens (including phenoxy) is 3. The third-order valence-electron chi connectivity index (χ3n) is 6.93. The van der Waals surface area contributed by atoms with E-state index >= 15 is 0 Å². The van der Waals surface area contributed by atoms with E-state index in [0.29, 0.717) is 43.4 Å². The van der Waals surface area contributed by atoms with E-state index in [4.69, 9.17) is 18.6 Å². The number of nitrogens with zero attached hydrogens (tertiary/aromatic N) is 4. The SMILES string of the molecule is CCOC(=O)C1=C(C)N=c2s/c(=C\c3ccc(N4CCN(C)CC4)o3)c(=O)n2C1c1ccc2c(c1)OCO2. The molecule has 5 heterocycles. The molecule has 198 valence electrons. The van der Waals surface area contributed by atoms with Gasteiger partial charge in [0.25, 0.3) is 5.56 Å². The second-order valence-electron chi connectivity index (χ2n) is 9.38. The van der Waals surface area contributed by atoms with Gasteiger partial charge < -0.3 is 28.4 Å². The number of anilines is 1. The fraction of sp³-hybridized carbons (Fsp3) is 0.370. The number of benzene rings is 1. The van der Waals surface area contributed by atoms with Gasteiger partial charge in [0.05, 0.1) is 28.5 Å². The summed E-state index contributed by atoms with van der Waals surface area (Å²) < 4.78 is 24.5. The highest BCUT2D eigenvalue weighted by Gasteiger charge is 2.34. The number of likely N-dealkylation sites (N-methyl/N-ethyl adjacent to an activating group) is 1. The van der Waals surface area contributed by atoms with Crippen molar-refractivity contribution < 1.29 is 23.4 Å². The highest BCUT2D eigenvalue weighted by molar-refractivity contribution is 7.07. The molecule has 1 saturated heterocycles. The molecular formula is C27H28N4O6S. The quantitative estimate of drug-likeness (QED) is 0.456. The van der Waals surface area contributed by atoms with Crippen LogP contribution in [0.15, 0.2) is 55.8 Å². The topological polar surface area (TPSA) is 98.7 Å². The highest BCUT2D eigenvalue weighted by atomic mass is 32.1. The molecule has 0 radical (unpaired) electrons. The summed E-state index contributed by atoms with van der Waals surface area (Å²) in [6.07, 6.45) is 1.74. The van der Waals surface area contributed by atoms with E-state index < -0.39 is 12.0 Å². The molecule has 0 amide bonds. The number of thiazole rings is 1. The first-order valence-electron chi connectivity index (χ1n) is 12.6. The molecule has 0 bridgehead atoms. The maximum Gasteiger partial charge on any atom is 0.338 e. The van der Waals surface area contributed by atoms with Crippen LogP contribution in [0.2, 0.25) is 0 Å². The Morgan fingerprint density at radius 1 is 1.16 bits per heavy atom. The van der Waals surface area contributed by atoms with Crippen molar-refractivity contribution in [1.82, 2.24) is 9.47 Å². The largest absolute Gasteiger partial charge is 0.463 e. The van der Waals surface area contributed by atoms with Crippen molar-refractivity contribution in [2.75, 3.05) is 51.5 Å². The van der Waals surface area contributed by atoms with Gasteiger partial charge >= 0.3 is 5.97 Å². The zero-order valence-electron chi connectivity index (χ0n) is 21.4. The molecule has 0 aliphatic carbocycles. The number of hydrogen-bond acceptors (Lipinski definition) is 10. The number of carbonyl (C=O) groups is 1. The Balaban J connectivity index is 1.43. The van der Waals surface area contributed by atoms with Crippen molar-refractivity contribution >= 4 is 29.3 Å². The number of rotatable bonds is 5. The van der Waals surface area contributed by atoms with Gasteiger partial charge in [-0.1, -0.05) is 17.4 Å². The van der Waals surface area contributed by atoms with Crippen molar-refractivity contribution in [3.8, 4) is 11.5 Å². The Labute approximate surface area is 222 Å². The smallest absolute Gasteiger partial charge is 0.338 e. The van der Waals surface area contributed by atoms with Gasteiger partial charge in [-0.25, -0.2) is 9.79 Å². The van der Waals surface area contributed by atoms with E-state index in [1.165, 1.54) is 11.3 Å². The molecule has 11 heteroatoms. The minimum Gasteiger partial charge on any atom is -0.463 e. The molecule has 6 rings (SSSR count). The summed E-state index contributed by atoms with van der Waals surface area (Å²) in [4.78, 5) is 36.5. The fourth-order valence-electron chi connectivity index (χ4n) is 4.94. The first kappa shape index (κ1) is 24.5. The zero-order valence-corrected chi connectivity index (χ0v) is 22.2. The number of esters is 1. The summed E-state index contributed by atoms with van der Waals surface area (Å²) in [5.41, 5.74) is 1.27. The molecule has 0 saturated carbocycles. The predicted octanol–water partition coefficient (Wildman–Crippen LogP) is 1.87. The zero-order chi connectivity index (χ0) is 26.4. The van der Waals surface area contributed by atoms with Gasteiger partial charge in [-0.3, -0.25) is 9.36 Å². The normalized spacial score (nSPS) is 19.5. The number of fused-ring (bicyclic) bond motifs is 2. The molecular weight excluding hydrogens is 508 g/mol. The molecule has 2 aromatic heterocycles. The summed E-state index contributed by atoms with van der Waals surface area (Å²) in [5.74, 6) is 2.05. The fourth-order valence-corrected chi connectivity index (χ4v) is 5.96. The first-order valence-corrected chi connectivity index (χ1v) is 13.4. The van der Waals surface area contributed by atoms with Crippen LogP contribution in [0.3, 0.4) is 0 Å². The molecule has 10 nitrogen and oxygen atoms in total. The van der Waals surface area contributed by atoms with E-state index in [0.717, 1.165) is 32.1 Å². The molecule has 0 N–H and O–H groups in total. The summed E-state index contributed by atoms with van der Waals surface area (Å²) in [6, 6.07) is 8.51. The standard InChI is InChI=1S/C27H28N4O6S/c1-4-34-26(33)23-16(2)28-27-31(24(23)17-5-7-19-20(13-17)36-15-35-19)25(32)21(38-27)14-18-6-8-22(37-18)30-11-9-29(3)10-12-30/h5-8,13-14,24H,4,9-12,15H2,1-3H3/b21-14-. The van der Waals surface area contributed by atoms with Crippen molar-refractivity contribution in [2.24, 2.45) is 4.99 Å². The Morgan fingerprint density at radius 3 is 2.74 bits per heavy atom. The number of carbonyl (C=O) groups excluding carboxylic acids is 1. The second-order valence-corrected chi connectivity index (χ2v) is 10.4. The second kappa shape index (κ2) is 9.80. The van der Waals surface area contributed by atoms with Gasteiger partial charge in [0.15, 0.2) is 22.2 Å². The van der Waals surface area contributed by atoms with Crippen molar-refractivity contribution in [3.05, 3.63) is 72.6 Å². The van der Waals surface area contributed by atoms with Gasteiger partial charge in [-0.2, -0.15) is 0 Å². The summed E-state index contributed by atoms with van der Waals surface area (Å²) in [7, 11) is 2.11. The van der Waals surface area contributed by atoms with E-state index in [2.05, 4.69) is 21.8 Å². The van der Waals surface area contributed by atoms with Crippen LogP contribution in [0, 0.1) is 0 Å². The molecule has 3 aliphatic heterocycles. The van der Waals surface area contributed by atoms with E-state index in [1.807, 2.05) is 18.2 Å². The lowest BCUT2D eigenvalue weighted by Gasteiger charge is -2.32. The molecule has 1 atom stereocenters. The lowest BCUT2D eigenvalue weighted by molar-refractivity contribution is -0.139. The van der Waals surface area contributed by atoms with Crippen LogP contribution in [-0.4, -0.2) is 62.1 Å². The van der Waals surface area contributed by atoms with E-state index in [9.17, 15) is 9.59 Å². The van der Waals surface area contributed by atoms with Crippen molar-refractivity contribution in [2.45, 2.75) is 19.9 Å².